The molecule has 1 aromatic carbocycles. The average Bonchev–Trinajstić information content (AvgIpc) is 2.46. The summed E-state index contributed by atoms with van der Waals surface area (Å²) in [5.41, 5.74) is 2.97. The topological polar surface area (TPSA) is 75.6 Å². The van der Waals surface area contributed by atoms with Crippen LogP contribution in [0.15, 0.2) is 24.3 Å². The number of nitrogens with one attached hydrogen (secondary N) is 1. The molecular weight excluding hydrogens is 258 g/mol. The molecule has 2 N–H and O–H groups in total. The Morgan fingerprint density at radius 1 is 1.35 bits per heavy atom. The molecule has 0 saturated heterocycles. The summed E-state index contributed by atoms with van der Waals surface area (Å²) in [6.45, 7) is 0.135. The highest BCUT2D eigenvalue weighted by molar-refractivity contribution is 5.94. The number of ether oxygens (including phenoxy) is 1. The van der Waals surface area contributed by atoms with Crippen molar-refractivity contribution in [3.05, 3.63) is 41.0 Å². The van der Waals surface area contributed by atoms with Crippen molar-refractivity contribution >= 4 is 18.0 Å². The molecule has 0 atom stereocenters. The summed E-state index contributed by atoms with van der Waals surface area (Å²) in [5, 5.41) is 11.1. The smallest absolute Gasteiger partial charge is 0.329 e. The summed E-state index contributed by atoms with van der Waals surface area (Å²) in [6.07, 6.45) is 6.15. The number of aliphatic carboxylic acids is 1. The Hall–Kier alpha value is -2.14. The second-order valence-electron chi connectivity index (χ2n) is 4.56. The van der Waals surface area contributed by atoms with Gasteiger partial charge >= 0.3 is 5.97 Å². The number of rotatable bonds is 6. The number of carboxylic acids is 1. The predicted molar refractivity (Wildman–Crippen MR) is 74.6 cm³/mol. The molecule has 2 rings (SSSR count). The molecule has 0 aliphatic heterocycles. The van der Waals surface area contributed by atoms with Crippen LogP contribution in [-0.2, 0) is 16.0 Å². The first kappa shape index (κ1) is 14.3. The van der Waals surface area contributed by atoms with Gasteiger partial charge in [0.15, 0.2) is 0 Å². The average molecular weight is 275 g/mol. The number of amides is 1. The first-order chi connectivity index (χ1) is 9.66. The zero-order chi connectivity index (χ0) is 14.4. The molecule has 0 aromatic heterocycles. The quantitative estimate of drug-likeness (QED) is 0.771. The molecule has 0 fully saturated rings. The minimum atomic E-state index is -1.01. The largest absolute Gasteiger partial charge is 0.480 e. The van der Waals surface area contributed by atoms with Gasteiger partial charge in [0.2, 0.25) is 0 Å². The molecule has 1 aromatic rings. The summed E-state index contributed by atoms with van der Waals surface area (Å²) in [4.78, 5) is 22.2. The molecule has 1 aliphatic carbocycles. The zero-order valence-electron chi connectivity index (χ0n) is 11.1. The van der Waals surface area contributed by atoms with Crippen molar-refractivity contribution in [1.82, 2.24) is 5.32 Å². The Kier molecular flexibility index (Phi) is 4.90. The van der Waals surface area contributed by atoms with Crippen molar-refractivity contribution < 1.29 is 19.4 Å². The second kappa shape index (κ2) is 6.86. The third kappa shape index (κ3) is 3.93. The van der Waals surface area contributed by atoms with E-state index in [9.17, 15) is 9.59 Å². The van der Waals surface area contributed by atoms with E-state index >= 15 is 0 Å². The van der Waals surface area contributed by atoms with Crippen LogP contribution in [0.1, 0.15) is 27.9 Å². The fourth-order valence-electron chi connectivity index (χ4n) is 2.07. The normalized spacial score (nSPS) is 12.8. The van der Waals surface area contributed by atoms with Gasteiger partial charge in [-0.2, -0.15) is 0 Å². The number of carbonyl (C=O) groups excluding carboxylic acids is 1. The summed E-state index contributed by atoms with van der Waals surface area (Å²) < 4.78 is 4.85. The monoisotopic (exact) mass is 275 g/mol. The molecule has 1 amide bonds. The van der Waals surface area contributed by atoms with Gasteiger partial charge in [0, 0.05) is 12.1 Å². The number of carbonyl (C=O) groups is 2. The number of allylic oxidation sites excluding steroid dienone is 1. The first-order valence-corrected chi connectivity index (χ1v) is 6.54. The van der Waals surface area contributed by atoms with Crippen LogP contribution in [-0.4, -0.2) is 36.7 Å². The molecule has 106 valence electrons. The van der Waals surface area contributed by atoms with E-state index in [-0.39, 0.29) is 19.1 Å². The van der Waals surface area contributed by atoms with E-state index in [1.807, 2.05) is 12.1 Å². The highest BCUT2D eigenvalue weighted by Gasteiger charge is 2.10. The number of hydrogen-bond acceptors (Lipinski definition) is 3. The van der Waals surface area contributed by atoms with Crippen LogP contribution in [0.2, 0.25) is 0 Å². The van der Waals surface area contributed by atoms with E-state index < -0.39 is 5.97 Å². The Balaban J connectivity index is 1.83. The summed E-state index contributed by atoms with van der Waals surface area (Å²) >= 11 is 0. The lowest BCUT2D eigenvalue weighted by atomic mass is 9.95. The minimum absolute atomic E-state index is 0.165. The molecule has 0 heterocycles. The maximum absolute atomic E-state index is 11.9. The van der Waals surface area contributed by atoms with Crippen molar-refractivity contribution in [3.8, 4) is 0 Å². The lowest BCUT2D eigenvalue weighted by molar-refractivity contribution is -0.142. The van der Waals surface area contributed by atoms with Gasteiger partial charge in [-0.25, -0.2) is 4.79 Å². The van der Waals surface area contributed by atoms with Crippen molar-refractivity contribution in [2.24, 2.45) is 0 Å². The maximum Gasteiger partial charge on any atom is 0.329 e. The fourth-order valence-corrected chi connectivity index (χ4v) is 2.07. The minimum Gasteiger partial charge on any atom is -0.480 e. The molecule has 0 spiro atoms. The fraction of sp³-hybridized carbons (Fsp3) is 0.333. The van der Waals surface area contributed by atoms with Gasteiger partial charge in [-0.05, 0) is 36.1 Å². The van der Waals surface area contributed by atoms with Gasteiger partial charge in [-0.1, -0.05) is 18.2 Å². The number of benzene rings is 1. The van der Waals surface area contributed by atoms with E-state index in [2.05, 4.69) is 17.5 Å². The van der Waals surface area contributed by atoms with E-state index in [4.69, 9.17) is 9.84 Å². The van der Waals surface area contributed by atoms with Crippen LogP contribution in [0.3, 0.4) is 0 Å². The van der Waals surface area contributed by atoms with Crippen LogP contribution in [0, 0.1) is 0 Å². The Bertz CT molecular complexity index is 537. The number of fused-ring (bicyclic) bond motifs is 1. The lowest BCUT2D eigenvalue weighted by Crippen LogP contribution is -2.28. The third-order valence-electron chi connectivity index (χ3n) is 3.04. The molecule has 5 nitrogen and oxygen atoms in total. The van der Waals surface area contributed by atoms with Crippen molar-refractivity contribution in [3.63, 3.8) is 0 Å². The summed E-state index contributed by atoms with van der Waals surface area (Å²) in [5.74, 6) is -1.18. The highest BCUT2D eigenvalue weighted by atomic mass is 16.5. The van der Waals surface area contributed by atoms with Gasteiger partial charge in [-0.3, -0.25) is 4.79 Å². The van der Waals surface area contributed by atoms with Crippen molar-refractivity contribution in [2.45, 2.75) is 12.8 Å². The van der Waals surface area contributed by atoms with E-state index in [1.165, 1.54) is 5.56 Å². The van der Waals surface area contributed by atoms with Gasteiger partial charge in [-0.15, -0.1) is 0 Å². The maximum atomic E-state index is 11.9. The Labute approximate surface area is 117 Å². The van der Waals surface area contributed by atoms with Crippen LogP contribution >= 0.6 is 0 Å². The summed E-state index contributed by atoms with van der Waals surface area (Å²) in [6, 6.07) is 5.65. The molecule has 5 heteroatoms. The van der Waals surface area contributed by atoms with Gasteiger partial charge in [0.25, 0.3) is 5.91 Å². The molecule has 20 heavy (non-hydrogen) atoms. The number of carboxylic acid groups (broad SMARTS) is 1. The van der Waals surface area contributed by atoms with E-state index in [0.29, 0.717) is 12.1 Å². The Morgan fingerprint density at radius 2 is 2.20 bits per heavy atom. The SMILES string of the molecule is O=C(O)COCCNC(=O)c1ccc2c(c1)CCC=C2. The van der Waals surface area contributed by atoms with Crippen LogP contribution in [0.4, 0.5) is 0 Å². The van der Waals surface area contributed by atoms with E-state index in [1.54, 1.807) is 6.07 Å². The van der Waals surface area contributed by atoms with Crippen LogP contribution in [0.5, 0.6) is 0 Å². The molecule has 0 saturated carbocycles. The lowest BCUT2D eigenvalue weighted by Gasteiger charge is -2.12. The molecule has 1 aliphatic rings. The first-order valence-electron chi connectivity index (χ1n) is 6.54. The molecule has 0 radical (unpaired) electrons. The third-order valence-corrected chi connectivity index (χ3v) is 3.04. The highest BCUT2D eigenvalue weighted by Crippen LogP contribution is 2.20. The zero-order valence-corrected chi connectivity index (χ0v) is 11.1. The van der Waals surface area contributed by atoms with Crippen LogP contribution < -0.4 is 5.32 Å². The van der Waals surface area contributed by atoms with Gasteiger partial charge in [0.1, 0.15) is 6.61 Å². The predicted octanol–water partition coefficient (Wildman–Crippen LogP) is 1.48. The van der Waals surface area contributed by atoms with Crippen LogP contribution in [0.25, 0.3) is 6.08 Å². The van der Waals surface area contributed by atoms with Gasteiger partial charge < -0.3 is 15.2 Å². The van der Waals surface area contributed by atoms with E-state index in [0.717, 1.165) is 18.4 Å². The van der Waals surface area contributed by atoms with Crippen molar-refractivity contribution in [1.29, 1.82) is 0 Å². The Morgan fingerprint density at radius 3 is 3.00 bits per heavy atom. The number of hydrogen-bond donors (Lipinski definition) is 2. The number of aryl methyl sites for hydroxylation is 1. The molecule has 0 bridgehead atoms. The summed E-state index contributed by atoms with van der Waals surface area (Å²) in [7, 11) is 0. The molecular formula is C15H17NO4. The van der Waals surface area contributed by atoms with Gasteiger partial charge in [0.05, 0.1) is 6.61 Å². The second-order valence-corrected chi connectivity index (χ2v) is 4.56. The standard InChI is InChI=1S/C15H17NO4/c17-14(18)10-20-8-7-16-15(19)13-6-5-11-3-1-2-4-12(11)9-13/h1,3,5-6,9H,2,4,7-8,10H2,(H,16,19)(H,17,18). The molecule has 0 unspecified atom stereocenters. The van der Waals surface area contributed by atoms with Crippen molar-refractivity contribution in [2.75, 3.05) is 19.8 Å².